The minimum absolute atomic E-state index is 0.0142. The highest BCUT2D eigenvalue weighted by Crippen LogP contribution is 2.44. The lowest BCUT2D eigenvalue weighted by Gasteiger charge is -2.23. The first-order chi connectivity index (χ1) is 16.8. The van der Waals surface area contributed by atoms with Crippen LogP contribution in [0.1, 0.15) is 43.7 Å². The highest BCUT2D eigenvalue weighted by molar-refractivity contribution is 5.79. The molecular weight excluding hydrogens is 448 g/mol. The Hall–Kier alpha value is -3.39. The SMILES string of the molecule is CC(C)[C@@H](CC(=O)NCC1CC(C(=O)O)CO1)NC(=O)OCC1c2ccccc2-c2ccccc21. The predicted octanol–water partition coefficient (Wildman–Crippen LogP) is 3.55. The molecule has 0 aromatic heterocycles. The number of rotatable bonds is 9. The minimum Gasteiger partial charge on any atom is -0.481 e. The molecule has 4 rings (SSSR count). The zero-order chi connectivity index (χ0) is 24.9. The Morgan fingerprint density at radius 3 is 2.26 bits per heavy atom. The van der Waals surface area contributed by atoms with Gasteiger partial charge in [-0.3, -0.25) is 9.59 Å². The van der Waals surface area contributed by atoms with Crippen molar-refractivity contribution in [1.82, 2.24) is 10.6 Å². The molecule has 0 radical (unpaired) electrons. The van der Waals surface area contributed by atoms with Crippen molar-refractivity contribution < 1.29 is 29.0 Å². The van der Waals surface area contributed by atoms with Crippen LogP contribution in [0.2, 0.25) is 0 Å². The summed E-state index contributed by atoms with van der Waals surface area (Å²) in [5, 5.41) is 14.7. The van der Waals surface area contributed by atoms with E-state index in [9.17, 15) is 14.4 Å². The van der Waals surface area contributed by atoms with E-state index in [1.54, 1.807) is 0 Å². The van der Waals surface area contributed by atoms with Crippen molar-refractivity contribution in [2.24, 2.45) is 11.8 Å². The number of nitrogens with one attached hydrogen (secondary N) is 2. The maximum absolute atomic E-state index is 12.6. The molecule has 2 aliphatic rings. The summed E-state index contributed by atoms with van der Waals surface area (Å²) in [7, 11) is 0. The van der Waals surface area contributed by atoms with E-state index in [1.165, 1.54) is 0 Å². The van der Waals surface area contributed by atoms with Gasteiger partial charge in [0, 0.05) is 24.9 Å². The van der Waals surface area contributed by atoms with Gasteiger partial charge in [0.05, 0.1) is 18.6 Å². The molecule has 1 aliphatic heterocycles. The number of ether oxygens (including phenoxy) is 2. The predicted molar refractivity (Wildman–Crippen MR) is 130 cm³/mol. The van der Waals surface area contributed by atoms with Crippen LogP contribution in [0.4, 0.5) is 4.79 Å². The summed E-state index contributed by atoms with van der Waals surface area (Å²) >= 11 is 0. The van der Waals surface area contributed by atoms with E-state index in [2.05, 4.69) is 34.9 Å². The third-order valence-electron chi connectivity index (χ3n) is 6.81. The molecule has 1 fully saturated rings. The lowest BCUT2D eigenvalue weighted by molar-refractivity contribution is -0.141. The smallest absolute Gasteiger partial charge is 0.407 e. The highest BCUT2D eigenvalue weighted by Gasteiger charge is 2.32. The number of benzene rings is 2. The van der Waals surface area contributed by atoms with Gasteiger partial charge in [-0.05, 0) is 34.6 Å². The van der Waals surface area contributed by atoms with Crippen LogP contribution in [-0.2, 0) is 19.1 Å². The number of carboxylic acid groups (broad SMARTS) is 1. The van der Waals surface area contributed by atoms with Crippen LogP contribution in [0.3, 0.4) is 0 Å². The van der Waals surface area contributed by atoms with Gasteiger partial charge >= 0.3 is 12.1 Å². The van der Waals surface area contributed by atoms with Gasteiger partial charge in [-0.1, -0.05) is 62.4 Å². The fourth-order valence-corrected chi connectivity index (χ4v) is 4.76. The molecule has 2 amide bonds. The van der Waals surface area contributed by atoms with Gasteiger partial charge in [-0.25, -0.2) is 4.79 Å². The van der Waals surface area contributed by atoms with E-state index in [1.807, 2.05) is 38.1 Å². The molecule has 1 heterocycles. The fraction of sp³-hybridized carbons (Fsp3) is 0.444. The van der Waals surface area contributed by atoms with Crippen molar-refractivity contribution in [3.63, 3.8) is 0 Å². The molecule has 2 unspecified atom stereocenters. The molecule has 0 bridgehead atoms. The molecule has 1 saturated heterocycles. The number of amides is 2. The quantitative estimate of drug-likeness (QED) is 0.506. The van der Waals surface area contributed by atoms with Crippen LogP contribution in [-0.4, -0.2) is 55.0 Å². The minimum atomic E-state index is -0.883. The monoisotopic (exact) mass is 480 g/mol. The van der Waals surface area contributed by atoms with Gasteiger partial charge in [0.15, 0.2) is 0 Å². The number of carbonyl (C=O) groups is 3. The summed E-state index contributed by atoms with van der Waals surface area (Å²) in [6.45, 7) is 4.48. The maximum Gasteiger partial charge on any atom is 0.407 e. The Balaban J connectivity index is 1.28. The first kappa shape index (κ1) is 24.7. The van der Waals surface area contributed by atoms with Crippen LogP contribution < -0.4 is 10.6 Å². The Morgan fingerprint density at radius 1 is 1.06 bits per heavy atom. The molecule has 8 nitrogen and oxygen atoms in total. The molecule has 3 atom stereocenters. The molecule has 35 heavy (non-hydrogen) atoms. The van der Waals surface area contributed by atoms with E-state index >= 15 is 0 Å². The number of aliphatic carboxylic acids is 1. The molecule has 8 heteroatoms. The summed E-state index contributed by atoms with van der Waals surface area (Å²) < 4.78 is 11.1. The molecule has 0 spiro atoms. The molecule has 0 saturated carbocycles. The van der Waals surface area contributed by atoms with Gasteiger partial charge in [0.2, 0.25) is 5.91 Å². The zero-order valence-electron chi connectivity index (χ0n) is 20.0. The van der Waals surface area contributed by atoms with Crippen molar-refractivity contribution in [1.29, 1.82) is 0 Å². The van der Waals surface area contributed by atoms with Crippen molar-refractivity contribution in [2.75, 3.05) is 19.8 Å². The van der Waals surface area contributed by atoms with Crippen LogP contribution in [0.15, 0.2) is 48.5 Å². The normalized spacial score (nSPS) is 19.6. The number of hydrogen-bond donors (Lipinski definition) is 3. The zero-order valence-corrected chi connectivity index (χ0v) is 20.0. The van der Waals surface area contributed by atoms with Crippen LogP contribution >= 0.6 is 0 Å². The summed E-state index contributed by atoms with van der Waals surface area (Å²) in [5.41, 5.74) is 4.60. The van der Waals surface area contributed by atoms with Gasteiger partial charge in [0.25, 0.3) is 0 Å². The van der Waals surface area contributed by atoms with Crippen molar-refractivity contribution >= 4 is 18.0 Å². The number of alkyl carbamates (subject to hydrolysis) is 1. The molecule has 3 N–H and O–H groups in total. The Kier molecular flexibility index (Phi) is 7.70. The van der Waals surface area contributed by atoms with Gasteiger partial charge in [-0.15, -0.1) is 0 Å². The Morgan fingerprint density at radius 2 is 1.69 bits per heavy atom. The van der Waals surface area contributed by atoms with E-state index < -0.39 is 24.0 Å². The number of carboxylic acids is 1. The first-order valence-corrected chi connectivity index (χ1v) is 12.1. The topological polar surface area (TPSA) is 114 Å². The fourth-order valence-electron chi connectivity index (χ4n) is 4.76. The van der Waals surface area contributed by atoms with E-state index in [4.69, 9.17) is 14.6 Å². The van der Waals surface area contributed by atoms with Crippen LogP contribution in [0, 0.1) is 11.8 Å². The second-order valence-corrected chi connectivity index (χ2v) is 9.55. The van der Waals surface area contributed by atoms with Crippen molar-refractivity contribution in [2.45, 2.75) is 44.8 Å². The van der Waals surface area contributed by atoms with Gasteiger partial charge < -0.3 is 25.2 Å². The summed E-state index contributed by atoms with van der Waals surface area (Å²) in [4.78, 5) is 36.2. The maximum atomic E-state index is 12.6. The molecular formula is C27H32N2O6. The summed E-state index contributed by atoms with van der Waals surface area (Å²) in [6, 6.07) is 15.9. The van der Waals surface area contributed by atoms with E-state index in [0.29, 0.717) is 6.42 Å². The number of hydrogen-bond acceptors (Lipinski definition) is 5. The average molecular weight is 481 g/mol. The van der Waals surface area contributed by atoms with E-state index in [0.717, 1.165) is 22.3 Å². The summed E-state index contributed by atoms with van der Waals surface area (Å²) in [6.07, 6.45) is -0.396. The largest absolute Gasteiger partial charge is 0.481 e. The third kappa shape index (κ3) is 5.82. The lowest BCUT2D eigenvalue weighted by atomic mass is 9.98. The standard InChI is InChI=1S/C27H32N2O6/c1-16(2)24(12-25(30)28-13-18-11-17(14-34-18)26(31)32)29-27(33)35-15-23-21-9-5-3-7-19(21)20-8-4-6-10-22(20)23/h3-10,16-18,23-24H,11-15H2,1-2H3,(H,28,30)(H,29,33)(H,31,32)/t17?,18?,24-/m1/s1. The molecule has 1 aliphatic carbocycles. The second kappa shape index (κ2) is 10.9. The Labute approximate surface area is 205 Å². The van der Waals surface area contributed by atoms with E-state index in [-0.39, 0.29) is 50.0 Å². The number of fused-ring (bicyclic) bond motifs is 3. The van der Waals surface area contributed by atoms with Crippen LogP contribution in [0.25, 0.3) is 11.1 Å². The summed E-state index contributed by atoms with van der Waals surface area (Å²) in [5.74, 6) is -1.66. The van der Waals surface area contributed by atoms with Gasteiger partial charge in [-0.2, -0.15) is 0 Å². The Bertz CT molecular complexity index is 1040. The number of carbonyl (C=O) groups excluding carboxylic acids is 2. The second-order valence-electron chi connectivity index (χ2n) is 9.55. The third-order valence-corrected chi connectivity index (χ3v) is 6.81. The van der Waals surface area contributed by atoms with Crippen LogP contribution in [0.5, 0.6) is 0 Å². The highest BCUT2D eigenvalue weighted by atomic mass is 16.5. The van der Waals surface area contributed by atoms with Crippen molar-refractivity contribution in [3.8, 4) is 11.1 Å². The molecule has 2 aromatic carbocycles. The molecule has 186 valence electrons. The average Bonchev–Trinajstić information content (AvgIpc) is 3.44. The molecule has 2 aromatic rings. The van der Waals surface area contributed by atoms with Crippen molar-refractivity contribution in [3.05, 3.63) is 59.7 Å². The van der Waals surface area contributed by atoms with Gasteiger partial charge in [0.1, 0.15) is 6.61 Å². The lowest BCUT2D eigenvalue weighted by Crippen LogP contribution is -2.43. The first-order valence-electron chi connectivity index (χ1n) is 12.1.